The van der Waals surface area contributed by atoms with E-state index in [0.717, 1.165) is 36.8 Å². The SMILES string of the molecule is O=C(c1cnn(-c2ccccc2)c1C(F)(F)F)N1CC[C@@H]2CNC[C@@H]2CC1. The lowest BCUT2D eigenvalue weighted by atomic mass is 9.92. The second-order valence-electron chi connectivity index (χ2n) is 7.20. The van der Waals surface area contributed by atoms with Gasteiger partial charge in [0.15, 0.2) is 5.69 Å². The average molecular weight is 378 g/mol. The number of carbonyl (C=O) groups is 1. The molecule has 0 spiro atoms. The van der Waals surface area contributed by atoms with Crippen LogP contribution in [0.4, 0.5) is 13.2 Å². The van der Waals surface area contributed by atoms with Gasteiger partial charge in [-0.3, -0.25) is 4.79 Å². The van der Waals surface area contributed by atoms with Gasteiger partial charge in [-0.25, -0.2) is 4.68 Å². The minimum atomic E-state index is -4.68. The van der Waals surface area contributed by atoms with E-state index in [4.69, 9.17) is 0 Å². The van der Waals surface area contributed by atoms with Crippen molar-refractivity contribution >= 4 is 5.91 Å². The van der Waals surface area contributed by atoms with E-state index in [1.807, 2.05) is 0 Å². The first-order valence-corrected chi connectivity index (χ1v) is 9.16. The summed E-state index contributed by atoms with van der Waals surface area (Å²) >= 11 is 0. The van der Waals surface area contributed by atoms with Gasteiger partial charge in [-0.05, 0) is 49.9 Å². The van der Waals surface area contributed by atoms with Crippen LogP contribution in [0.25, 0.3) is 5.69 Å². The van der Waals surface area contributed by atoms with Crippen LogP contribution in [0.1, 0.15) is 28.9 Å². The second-order valence-corrected chi connectivity index (χ2v) is 7.20. The van der Waals surface area contributed by atoms with Gasteiger partial charge in [-0.15, -0.1) is 0 Å². The first kappa shape index (κ1) is 18.0. The van der Waals surface area contributed by atoms with Crippen LogP contribution in [0.2, 0.25) is 0 Å². The van der Waals surface area contributed by atoms with Gasteiger partial charge in [-0.1, -0.05) is 18.2 Å². The first-order chi connectivity index (χ1) is 12.9. The molecule has 2 aliphatic heterocycles. The standard InChI is InChI=1S/C19H21F3N4O/c20-19(21,22)17-16(12-24-26(17)15-4-2-1-3-5-15)18(27)25-8-6-13-10-23-11-14(13)7-9-25/h1-5,12-14,23H,6-11H2/t13-,14+. The molecular formula is C19H21F3N4O. The van der Waals surface area contributed by atoms with Gasteiger partial charge in [0.25, 0.3) is 5.91 Å². The Morgan fingerprint density at radius 3 is 2.30 bits per heavy atom. The van der Waals surface area contributed by atoms with Gasteiger partial charge in [0.1, 0.15) is 0 Å². The van der Waals surface area contributed by atoms with Crippen molar-refractivity contribution in [1.82, 2.24) is 20.0 Å². The molecule has 5 nitrogen and oxygen atoms in total. The van der Waals surface area contributed by atoms with Crippen molar-refractivity contribution in [1.29, 1.82) is 0 Å². The Bertz CT molecular complexity index is 804. The molecule has 1 aromatic carbocycles. The minimum Gasteiger partial charge on any atom is -0.339 e. The van der Waals surface area contributed by atoms with E-state index in [9.17, 15) is 18.0 Å². The van der Waals surface area contributed by atoms with Gasteiger partial charge in [-0.2, -0.15) is 18.3 Å². The first-order valence-electron chi connectivity index (χ1n) is 9.16. The zero-order chi connectivity index (χ0) is 19.0. The summed E-state index contributed by atoms with van der Waals surface area (Å²) in [6.07, 6.45) is -2.00. The number of benzene rings is 1. The highest BCUT2D eigenvalue weighted by molar-refractivity contribution is 5.95. The molecular weight excluding hydrogens is 357 g/mol. The largest absolute Gasteiger partial charge is 0.434 e. The minimum absolute atomic E-state index is 0.278. The van der Waals surface area contributed by atoms with Crippen molar-refractivity contribution in [2.24, 2.45) is 11.8 Å². The fourth-order valence-corrected chi connectivity index (χ4v) is 4.13. The number of nitrogens with one attached hydrogen (secondary N) is 1. The summed E-state index contributed by atoms with van der Waals surface area (Å²) < 4.78 is 42.2. The molecule has 0 unspecified atom stereocenters. The number of halogens is 3. The molecule has 4 rings (SSSR count). The monoisotopic (exact) mass is 378 g/mol. The van der Waals surface area contributed by atoms with Crippen LogP contribution in [-0.2, 0) is 6.18 Å². The maximum absolute atomic E-state index is 13.8. The highest BCUT2D eigenvalue weighted by Gasteiger charge is 2.42. The number of rotatable bonds is 2. The van der Waals surface area contributed by atoms with E-state index in [0.29, 0.717) is 24.9 Å². The van der Waals surface area contributed by atoms with Crippen molar-refractivity contribution in [3.05, 3.63) is 47.8 Å². The third-order valence-electron chi connectivity index (χ3n) is 5.58. The topological polar surface area (TPSA) is 50.2 Å². The Labute approximate surface area is 155 Å². The van der Waals surface area contributed by atoms with E-state index in [1.54, 1.807) is 23.1 Å². The third-order valence-corrected chi connectivity index (χ3v) is 5.58. The summed E-state index contributed by atoms with van der Waals surface area (Å²) in [7, 11) is 0. The van der Waals surface area contributed by atoms with Crippen LogP contribution in [0.5, 0.6) is 0 Å². The maximum Gasteiger partial charge on any atom is 0.434 e. The van der Waals surface area contributed by atoms with E-state index in [-0.39, 0.29) is 11.3 Å². The summed E-state index contributed by atoms with van der Waals surface area (Å²) in [5, 5.41) is 7.24. The quantitative estimate of drug-likeness (QED) is 0.874. The van der Waals surface area contributed by atoms with Crippen molar-refractivity contribution in [2.45, 2.75) is 19.0 Å². The molecule has 0 radical (unpaired) electrons. The number of para-hydroxylation sites is 1. The van der Waals surface area contributed by atoms with E-state index in [1.165, 1.54) is 12.1 Å². The molecule has 2 saturated heterocycles. The predicted octanol–water partition coefficient (Wildman–Crippen LogP) is 2.96. The predicted molar refractivity (Wildman–Crippen MR) is 93.6 cm³/mol. The van der Waals surface area contributed by atoms with Gasteiger partial charge in [0.05, 0.1) is 17.4 Å². The van der Waals surface area contributed by atoms with Crippen LogP contribution in [0.3, 0.4) is 0 Å². The number of alkyl halides is 3. The van der Waals surface area contributed by atoms with E-state index >= 15 is 0 Å². The van der Waals surface area contributed by atoms with Crippen LogP contribution < -0.4 is 5.32 Å². The zero-order valence-corrected chi connectivity index (χ0v) is 14.7. The van der Waals surface area contributed by atoms with Crippen molar-refractivity contribution in [3.63, 3.8) is 0 Å². The van der Waals surface area contributed by atoms with Gasteiger partial charge < -0.3 is 10.2 Å². The summed E-state index contributed by atoms with van der Waals surface area (Å²) in [4.78, 5) is 14.5. The average Bonchev–Trinajstić information content (AvgIpc) is 3.25. The number of hydrogen-bond acceptors (Lipinski definition) is 3. The molecule has 2 fully saturated rings. The Morgan fingerprint density at radius 2 is 1.70 bits per heavy atom. The molecule has 27 heavy (non-hydrogen) atoms. The number of nitrogens with zero attached hydrogens (tertiary/aromatic N) is 3. The summed E-state index contributed by atoms with van der Waals surface area (Å²) in [6, 6.07) is 8.07. The Hall–Kier alpha value is -2.35. The maximum atomic E-state index is 13.8. The molecule has 2 aromatic rings. The molecule has 1 aromatic heterocycles. The fraction of sp³-hybridized carbons (Fsp3) is 0.474. The number of amides is 1. The van der Waals surface area contributed by atoms with Crippen molar-refractivity contribution in [3.8, 4) is 5.69 Å². The normalized spacial score (nSPS) is 23.1. The molecule has 1 N–H and O–H groups in total. The molecule has 2 atom stereocenters. The smallest absolute Gasteiger partial charge is 0.339 e. The zero-order valence-electron chi connectivity index (χ0n) is 14.7. The van der Waals surface area contributed by atoms with E-state index in [2.05, 4.69) is 10.4 Å². The molecule has 2 aliphatic rings. The molecule has 3 heterocycles. The summed E-state index contributed by atoms with van der Waals surface area (Å²) in [6.45, 7) is 2.81. The third kappa shape index (κ3) is 3.45. The molecule has 8 heteroatoms. The number of hydrogen-bond donors (Lipinski definition) is 1. The van der Waals surface area contributed by atoms with Crippen molar-refractivity contribution < 1.29 is 18.0 Å². The molecule has 0 aliphatic carbocycles. The van der Waals surface area contributed by atoms with Gasteiger partial charge >= 0.3 is 6.18 Å². The highest BCUT2D eigenvalue weighted by atomic mass is 19.4. The van der Waals surface area contributed by atoms with Gasteiger partial charge in [0, 0.05) is 13.1 Å². The second kappa shape index (κ2) is 6.99. The molecule has 0 bridgehead atoms. The lowest BCUT2D eigenvalue weighted by Crippen LogP contribution is -2.34. The number of carbonyl (C=O) groups excluding carboxylic acids is 1. The summed E-state index contributed by atoms with van der Waals surface area (Å²) in [5.74, 6) is 0.409. The van der Waals surface area contributed by atoms with Gasteiger partial charge in [0.2, 0.25) is 0 Å². The highest BCUT2D eigenvalue weighted by Crippen LogP contribution is 2.35. The van der Waals surface area contributed by atoms with Crippen molar-refractivity contribution in [2.75, 3.05) is 26.2 Å². The lowest BCUT2D eigenvalue weighted by molar-refractivity contribution is -0.143. The number of aromatic nitrogens is 2. The number of fused-ring (bicyclic) bond motifs is 1. The molecule has 0 saturated carbocycles. The number of likely N-dealkylation sites (tertiary alicyclic amines) is 1. The van der Waals surface area contributed by atoms with Crippen LogP contribution in [-0.4, -0.2) is 46.8 Å². The molecule has 144 valence electrons. The van der Waals surface area contributed by atoms with Crippen LogP contribution in [0.15, 0.2) is 36.5 Å². The summed E-state index contributed by atoms with van der Waals surface area (Å²) in [5.41, 5.74) is -1.11. The lowest BCUT2D eigenvalue weighted by Gasteiger charge is -2.21. The Morgan fingerprint density at radius 1 is 1.07 bits per heavy atom. The van der Waals surface area contributed by atoms with Crippen LogP contribution in [0, 0.1) is 11.8 Å². The fourth-order valence-electron chi connectivity index (χ4n) is 4.13. The van der Waals surface area contributed by atoms with Crippen LogP contribution >= 0.6 is 0 Å². The Kier molecular flexibility index (Phi) is 4.67. The Balaban J connectivity index is 1.65. The molecule has 1 amide bonds. The van der Waals surface area contributed by atoms with E-state index < -0.39 is 17.8 Å².